The summed E-state index contributed by atoms with van der Waals surface area (Å²) in [7, 11) is -7.19. The second-order valence-corrected chi connectivity index (χ2v) is 15.1. The van der Waals surface area contributed by atoms with Gasteiger partial charge in [-0.2, -0.15) is 5.26 Å². The van der Waals surface area contributed by atoms with E-state index in [2.05, 4.69) is 10.8 Å². The molecule has 0 aromatic heterocycles. The van der Waals surface area contributed by atoms with Gasteiger partial charge < -0.3 is 4.90 Å². The maximum absolute atomic E-state index is 13.3. The fourth-order valence-corrected chi connectivity index (χ4v) is 8.07. The van der Waals surface area contributed by atoms with Gasteiger partial charge in [-0.05, 0) is 87.8 Å². The van der Waals surface area contributed by atoms with Gasteiger partial charge in [0.15, 0.2) is 0 Å². The number of nitrogens with one attached hydrogen (secondary N) is 1. The Balaban J connectivity index is 1.39. The molecule has 1 N–H and O–H groups in total. The lowest BCUT2D eigenvalue weighted by Gasteiger charge is -2.33. The Morgan fingerprint density at radius 2 is 1.56 bits per heavy atom. The van der Waals surface area contributed by atoms with E-state index >= 15 is 0 Å². The Kier molecular flexibility index (Phi) is 8.69. The van der Waals surface area contributed by atoms with Crippen LogP contribution in [0, 0.1) is 18.3 Å². The van der Waals surface area contributed by atoms with Crippen LogP contribution >= 0.6 is 0 Å². The molecule has 2 saturated heterocycles. The number of rotatable bonds is 7. The number of piperidine rings is 2. The van der Waals surface area contributed by atoms with E-state index in [1.807, 2.05) is 24.3 Å². The number of anilines is 1. The molecule has 9 nitrogen and oxygen atoms in total. The zero-order chi connectivity index (χ0) is 28.4. The molecule has 210 valence electrons. The molecule has 1 amide bonds. The molecule has 4 rings (SSSR count). The van der Waals surface area contributed by atoms with Gasteiger partial charge >= 0.3 is 0 Å². The van der Waals surface area contributed by atoms with Crippen LogP contribution in [0.3, 0.4) is 0 Å². The summed E-state index contributed by atoms with van der Waals surface area (Å²) in [6, 6.07) is 14.8. The topological polar surface area (TPSA) is 128 Å². The van der Waals surface area contributed by atoms with Gasteiger partial charge in [0, 0.05) is 31.7 Å². The summed E-state index contributed by atoms with van der Waals surface area (Å²) in [4.78, 5) is 15.1. The van der Waals surface area contributed by atoms with Gasteiger partial charge in [-0.25, -0.2) is 21.1 Å². The van der Waals surface area contributed by atoms with Crippen LogP contribution in [0.15, 0.2) is 42.5 Å². The number of amides is 1. The summed E-state index contributed by atoms with van der Waals surface area (Å²) in [5, 5.41) is 7.75. The van der Waals surface area contributed by atoms with Crippen molar-refractivity contribution in [3.8, 4) is 6.07 Å². The van der Waals surface area contributed by atoms with Gasteiger partial charge in [0.05, 0.1) is 27.8 Å². The van der Waals surface area contributed by atoms with Crippen LogP contribution in [0.2, 0.25) is 0 Å². The van der Waals surface area contributed by atoms with Crippen LogP contribution in [0.25, 0.3) is 0 Å². The quantitative estimate of drug-likeness (QED) is 0.537. The lowest BCUT2D eigenvalue weighted by Crippen LogP contribution is -2.45. The Labute approximate surface area is 231 Å². The summed E-state index contributed by atoms with van der Waals surface area (Å²) < 4.78 is 55.3. The van der Waals surface area contributed by atoms with Crippen molar-refractivity contribution in [2.45, 2.75) is 62.9 Å². The van der Waals surface area contributed by atoms with Crippen LogP contribution in [0.4, 0.5) is 5.69 Å². The van der Waals surface area contributed by atoms with Gasteiger partial charge in [0.1, 0.15) is 0 Å². The fourth-order valence-electron chi connectivity index (χ4n) is 5.22. The van der Waals surface area contributed by atoms with Gasteiger partial charge in [-0.1, -0.05) is 18.2 Å². The van der Waals surface area contributed by atoms with E-state index in [4.69, 9.17) is 5.26 Å². The van der Waals surface area contributed by atoms with E-state index in [0.717, 1.165) is 12.8 Å². The van der Waals surface area contributed by atoms with Crippen molar-refractivity contribution in [3.05, 3.63) is 64.7 Å². The highest BCUT2D eigenvalue weighted by molar-refractivity contribution is 7.93. The lowest BCUT2D eigenvalue weighted by molar-refractivity contribution is 0.0713. The summed E-state index contributed by atoms with van der Waals surface area (Å²) >= 11 is 0. The maximum Gasteiger partial charge on any atom is 0.253 e. The maximum atomic E-state index is 13.3. The molecule has 2 heterocycles. The molecule has 39 heavy (non-hydrogen) atoms. The molecular weight excluding hydrogens is 536 g/mol. The summed E-state index contributed by atoms with van der Waals surface area (Å²) in [5.41, 5.74) is 3.29. The number of carbonyl (C=O) groups excluding carboxylic acids is 1. The molecule has 0 saturated carbocycles. The summed E-state index contributed by atoms with van der Waals surface area (Å²) in [5.74, 6) is 0.185. The molecule has 0 atom stereocenters. The monoisotopic (exact) mass is 572 g/mol. The molecule has 0 unspecified atom stereocenters. The van der Waals surface area contributed by atoms with Gasteiger partial charge in [0.25, 0.3) is 5.91 Å². The van der Waals surface area contributed by atoms with E-state index in [0.29, 0.717) is 41.4 Å². The Hall–Kier alpha value is -2.94. The van der Waals surface area contributed by atoms with E-state index in [1.165, 1.54) is 9.87 Å². The average Bonchev–Trinajstić information content (AvgIpc) is 2.94. The molecule has 0 radical (unpaired) electrons. The second kappa shape index (κ2) is 11.7. The predicted octanol–water partition coefficient (Wildman–Crippen LogP) is 3.83. The first-order chi connectivity index (χ1) is 18.4. The standard InChI is InChI=1S/C28H36N4O5S2/c1-20(2)39(36,37)32-16-12-26(13-17-32)38(34,35)30-27-18-25(7-4-21(27)3)28(33)31-14-10-24(11-15-31)23-8-5-22(19-29)6-9-23/h4-9,18,20,24,26,30H,10-17H2,1-3H3. The van der Waals surface area contributed by atoms with Crippen molar-refractivity contribution in [1.29, 1.82) is 5.26 Å². The number of nitriles is 1. The molecule has 2 aliphatic heterocycles. The Bertz CT molecular complexity index is 1450. The van der Waals surface area contributed by atoms with E-state index in [1.54, 1.807) is 43.9 Å². The molecule has 2 aromatic rings. The number of sulfonamides is 2. The van der Waals surface area contributed by atoms with Crippen LogP contribution in [0.1, 0.15) is 72.5 Å². The number of nitrogens with zero attached hydrogens (tertiary/aromatic N) is 3. The van der Waals surface area contributed by atoms with E-state index in [9.17, 15) is 21.6 Å². The molecule has 0 bridgehead atoms. The Morgan fingerprint density at radius 1 is 0.949 bits per heavy atom. The molecule has 2 fully saturated rings. The third kappa shape index (κ3) is 6.45. The van der Waals surface area contributed by atoms with Crippen LogP contribution in [0.5, 0.6) is 0 Å². The lowest BCUT2D eigenvalue weighted by atomic mass is 9.89. The normalized spacial score (nSPS) is 18.2. The highest BCUT2D eigenvalue weighted by Crippen LogP contribution is 2.30. The number of likely N-dealkylation sites (tertiary alicyclic amines) is 1. The molecule has 2 aliphatic rings. The average molecular weight is 573 g/mol. The highest BCUT2D eigenvalue weighted by atomic mass is 32.2. The smallest absolute Gasteiger partial charge is 0.253 e. The molecule has 0 spiro atoms. The van der Waals surface area contributed by atoms with Gasteiger partial charge in [-0.3, -0.25) is 9.52 Å². The van der Waals surface area contributed by atoms with Gasteiger partial charge in [-0.15, -0.1) is 0 Å². The first-order valence-electron chi connectivity index (χ1n) is 13.3. The number of carbonyl (C=O) groups is 1. The third-order valence-electron chi connectivity index (χ3n) is 7.83. The minimum atomic E-state index is -3.77. The highest BCUT2D eigenvalue weighted by Gasteiger charge is 2.35. The van der Waals surface area contributed by atoms with Gasteiger partial charge in [0.2, 0.25) is 20.0 Å². The largest absolute Gasteiger partial charge is 0.339 e. The van der Waals surface area contributed by atoms with Crippen molar-refractivity contribution >= 4 is 31.6 Å². The fraction of sp³-hybridized carbons (Fsp3) is 0.500. The molecule has 11 heteroatoms. The molecule has 2 aromatic carbocycles. The number of hydrogen-bond acceptors (Lipinski definition) is 6. The van der Waals surface area contributed by atoms with E-state index < -0.39 is 30.5 Å². The number of benzene rings is 2. The second-order valence-electron chi connectivity index (χ2n) is 10.7. The number of aryl methyl sites for hydroxylation is 1. The van der Waals surface area contributed by atoms with Crippen molar-refractivity contribution < 1.29 is 21.6 Å². The minimum Gasteiger partial charge on any atom is -0.339 e. The summed E-state index contributed by atoms with van der Waals surface area (Å²) in [6.45, 7) is 6.55. The van der Waals surface area contributed by atoms with Crippen molar-refractivity contribution in [3.63, 3.8) is 0 Å². The van der Waals surface area contributed by atoms with Crippen molar-refractivity contribution in [1.82, 2.24) is 9.21 Å². The van der Waals surface area contributed by atoms with Crippen molar-refractivity contribution in [2.75, 3.05) is 30.9 Å². The minimum absolute atomic E-state index is 0.138. The van der Waals surface area contributed by atoms with E-state index in [-0.39, 0.29) is 31.8 Å². The van der Waals surface area contributed by atoms with Crippen LogP contribution < -0.4 is 4.72 Å². The first kappa shape index (κ1) is 29.1. The first-order valence-corrected chi connectivity index (χ1v) is 16.4. The zero-order valence-corrected chi connectivity index (χ0v) is 24.3. The van der Waals surface area contributed by atoms with Crippen molar-refractivity contribution in [2.24, 2.45) is 0 Å². The SMILES string of the molecule is Cc1ccc(C(=O)N2CCC(c3ccc(C#N)cc3)CC2)cc1NS(=O)(=O)C1CCN(S(=O)(=O)C(C)C)CC1. The predicted molar refractivity (Wildman–Crippen MR) is 151 cm³/mol. The number of hydrogen-bond donors (Lipinski definition) is 1. The molecular formula is C28H36N4O5S2. The Morgan fingerprint density at radius 3 is 2.13 bits per heavy atom. The molecule has 0 aliphatic carbocycles. The summed E-state index contributed by atoms with van der Waals surface area (Å²) in [6.07, 6.45) is 2.06. The van der Waals surface area contributed by atoms with Crippen LogP contribution in [-0.2, 0) is 20.0 Å². The van der Waals surface area contributed by atoms with Crippen LogP contribution in [-0.4, -0.2) is 68.6 Å². The third-order valence-corrected chi connectivity index (χ3v) is 12.0. The zero-order valence-electron chi connectivity index (χ0n) is 22.6.